The van der Waals surface area contributed by atoms with Crippen molar-refractivity contribution < 1.29 is 14.3 Å². The molecule has 0 spiro atoms. The second-order valence-corrected chi connectivity index (χ2v) is 6.95. The Morgan fingerprint density at radius 1 is 1.08 bits per heavy atom. The van der Waals surface area contributed by atoms with E-state index in [4.69, 9.17) is 4.74 Å². The van der Waals surface area contributed by atoms with Crippen LogP contribution in [-0.4, -0.2) is 24.5 Å². The van der Waals surface area contributed by atoms with Crippen molar-refractivity contribution in [3.8, 4) is 0 Å². The molecule has 0 bridgehead atoms. The molecule has 0 aromatic heterocycles. The van der Waals surface area contributed by atoms with Gasteiger partial charge in [0, 0.05) is 6.04 Å². The quantitative estimate of drug-likeness (QED) is 0.847. The van der Waals surface area contributed by atoms with E-state index in [2.05, 4.69) is 12.2 Å². The monoisotopic (exact) mass is 339 g/mol. The Kier molecular flexibility index (Phi) is 5.69. The predicted molar refractivity (Wildman–Crippen MR) is 98.2 cm³/mol. The van der Waals surface area contributed by atoms with Crippen LogP contribution < -0.4 is 5.32 Å². The minimum absolute atomic E-state index is 0.179. The smallest absolute Gasteiger partial charge is 0.310 e. The Morgan fingerprint density at radius 2 is 1.84 bits per heavy atom. The Labute approximate surface area is 148 Å². The van der Waals surface area contributed by atoms with Crippen LogP contribution in [0.25, 0.3) is 10.8 Å². The fourth-order valence-electron chi connectivity index (χ4n) is 3.49. The summed E-state index contributed by atoms with van der Waals surface area (Å²) in [5.41, 5.74) is 0.894. The second-order valence-electron chi connectivity index (χ2n) is 6.95. The van der Waals surface area contributed by atoms with Crippen molar-refractivity contribution in [2.45, 2.75) is 45.1 Å². The van der Waals surface area contributed by atoms with Crippen LogP contribution in [0.2, 0.25) is 0 Å². The summed E-state index contributed by atoms with van der Waals surface area (Å²) in [6.45, 7) is 1.96. The summed E-state index contributed by atoms with van der Waals surface area (Å²) < 4.78 is 5.15. The summed E-state index contributed by atoms with van der Waals surface area (Å²) in [6, 6.07) is 14.1. The van der Waals surface area contributed by atoms with Gasteiger partial charge in [0.2, 0.25) is 0 Å². The Balaban J connectivity index is 1.47. The Morgan fingerprint density at radius 3 is 2.64 bits per heavy atom. The zero-order valence-electron chi connectivity index (χ0n) is 14.7. The molecule has 0 unspecified atom stereocenters. The molecule has 2 atom stereocenters. The van der Waals surface area contributed by atoms with E-state index in [1.165, 1.54) is 6.42 Å². The molecule has 1 aliphatic rings. The minimum atomic E-state index is -0.373. The molecular formula is C21H25NO3. The largest absolute Gasteiger partial charge is 0.455 e. The molecule has 0 aliphatic heterocycles. The van der Waals surface area contributed by atoms with Crippen molar-refractivity contribution in [3.63, 3.8) is 0 Å². The van der Waals surface area contributed by atoms with Crippen LogP contribution in [0.5, 0.6) is 0 Å². The van der Waals surface area contributed by atoms with Crippen LogP contribution in [-0.2, 0) is 20.7 Å². The summed E-state index contributed by atoms with van der Waals surface area (Å²) in [5.74, 6) is -0.0845. The number of nitrogens with one attached hydrogen (secondary N) is 1. The summed E-state index contributed by atoms with van der Waals surface area (Å²) in [6.07, 6.45) is 4.72. The highest BCUT2D eigenvalue weighted by Gasteiger charge is 2.23. The molecule has 0 heterocycles. The van der Waals surface area contributed by atoms with Gasteiger partial charge in [0.25, 0.3) is 5.91 Å². The number of ether oxygens (including phenoxy) is 1. The number of carbonyl (C=O) groups is 2. The number of hydrogen-bond donors (Lipinski definition) is 1. The SMILES string of the molecule is C[C@H]1CCCC[C@@H]1NC(=O)COC(=O)Cc1ccc2ccccc2c1. The fraction of sp³-hybridized carbons (Fsp3) is 0.429. The van der Waals surface area contributed by atoms with Crippen molar-refractivity contribution in [1.29, 1.82) is 0 Å². The summed E-state index contributed by atoms with van der Waals surface area (Å²) in [4.78, 5) is 24.0. The molecule has 4 nitrogen and oxygen atoms in total. The lowest BCUT2D eigenvalue weighted by Crippen LogP contribution is -2.42. The first kappa shape index (κ1) is 17.5. The van der Waals surface area contributed by atoms with Crippen LogP contribution >= 0.6 is 0 Å². The zero-order chi connectivity index (χ0) is 17.6. The topological polar surface area (TPSA) is 55.4 Å². The minimum Gasteiger partial charge on any atom is -0.455 e. The second kappa shape index (κ2) is 8.15. The molecule has 4 heteroatoms. The van der Waals surface area contributed by atoms with E-state index in [1.54, 1.807) is 0 Å². The van der Waals surface area contributed by atoms with Crippen molar-refractivity contribution in [3.05, 3.63) is 48.0 Å². The average molecular weight is 339 g/mol. The maximum absolute atomic E-state index is 12.0. The highest BCUT2D eigenvalue weighted by molar-refractivity contribution is 5.85. The van der Waals surface area contributed by atoms with Crippen LogP contribution in [0.1, 0.15) is 38.2 Å². The van der Waals surface area contributed by atoms with Gasteiger partial charge in [-0.1, -0.05) is 62.2 Å². The molecule has 0 saturated heterocycles. The number of fused-ring (bicyclic) bond motifs is 1. The van der Waals surface area contributed by atoms with Crippen LogP contribution in [0.3, 0.4) is 0 Å². The molecule has 2 aromatic rings. The molecule has 3 rings (SSSR count). The zero-order valence-corrected chi connectivity index (χ0v) is 14.7. The van der Waals surface area contributed by atoms with Crippen LogP contribution in [0.4, 0.5) is 0 Å². The highest BCUT2D eigenvalue weighted by atomic mass is 16.5. The number of rotatable bonds is 5. The van der Waals surface area contributed by atoms with E-state index >= 15 is 0 Å². The Bertz CT molecular complexity index is 756. The third-order valence-corrected chi connectivity index (χ3v) is 4.98. The van der Waals surface area contributed by atoms with Gasteiger partial charge < -0.3 is 10.1 Å². The Hall–Kier alpha value is -2.36. The summed E-state index contributed by atoms with van der Waals surface area (Å²) in [7, 11) is 0. The van der Waals surface area contributed by atoms with E-state index in [9.17, 15) is 9.59 Å². The summed E-state index contributed by atoms with van der Waals surface area (Å²) >= 11 is 0. The van der Waals surface area contributed by atoms with Gasteiger partial charge in [0.15, 0.2) is 6.61 Å². The number of hydrogen-bond acceptors (Lipinski definition) is 3. The van der Waals surface area contributed by atoms with Gasteiger partial charge in [0.1, 0.15) is 0 Å². The van der Waals surface area contributed by atoms with Crippen LogP contribution in [0.15, 0.2) is 42.5 Å². The van der Waals surface area contributed by atoms with E-state index in [1.807, 2.05) is 42.5 Å². The van der Waals surface area contributed by atoms with E-state index in [0.717, 1.165) is 35.6 Å². The molecule has 25 heavy (non-hydrogen) atoms. The van der Waals surface area contributed by atoms with Gasteiger partial charge in [-0.15, -0.1) is 0 Å². The first-order valence-electron chi connectivity index (χ1n) is 9.04. The average Bonchev–Trinajstić information content (AvgIpc) is 2.62. The predicted octanol–water partition coefficient (Wildman–Crippen LogP) is 3.62. The van der Waals surface area contributed by atoms with Crippen molar-refractivity contribution in [2.75, 3.05) is 6.61 Å². The van der Waals surface area contributed by atoms with Gasteiger partial charge in [0.05, 0.1) is 6.42 Å². The number of amides is 1. The number of esters is 1. The number of carbonyl (C=O) groups excluding carboxylic acids is 2. The summed E-state index contributed by atoms with van der Waals surface area (Å²) in [5, 5.41) is 5.23. The standard InChI is InChI=1S/C21H25NO3/c1-15-6-2-5-9-19(15)22-20(23)14-25-21(24)13-16-10-11-17-7-3-4-8-18(17)12-16/h3-4,7-8,10-12,15,19H,2,5-6,9,13-14H2,1H3,(H,22,23)/t15-,19-/m0/s1. The lowest BCUT2D eigenvalue weighted by atomic mass is 9.86. The molecule has 1 N–H and O–H groups in total. The molecule has 2 aromatic carbocycles. The van der Waals surface area contributed by atoms with Gasteiger partial charge in [-0.05, 0) is 35.1 Å². The van der Waals surface area contributed by atoms with Crippen molar-refractivity contribution >= 4 is 22.6 Å². The molecule has 1 fully saturated rings. The van der Waals surface area contributed by atoms with Gasteiger partial charge in [-0.3, -0.25) is 9.59 Å². The van der Waals surface area contributed by atoms with Crippen LogP contribution in [0, 0.1) is 5.92 Å². The normalized spacial score (nSPS) is 20.2. The molecule has 1 amide bonds. The van der Waals surface area contributed by atoms with Crippen molar-refractivity contribution in [2.24, 2.45) is 5.92 Å². The maximum atomic E-state index is 12.0. The van der Waals surface area contributed by atoms with Gasteiger partial charge >= 0.3 is 5.97 Å². The third-order valence-electron chi connectivity index (χ3n) is 4.98. The van der Waals surface area contributed by atoms with E-state index in [-0.39, 0.29) is 30.9 Å². The molecule has 1 saturated carbocycles. The first-order chi connectivity index (χ1) is 12.1. The molecular weight excluding hydrogens is 314 g/mol. The number of benzene rings is 2. The van der Waals surface area contributed by atoms with E-state index < -0.39 is 0 Å². The lowest BCUT2D eigenvalue weighted by Gasteiger charge is -2.29. The lowest BCUT2D eigenvalue weighted by molar-refractivity contribution is -0.148. The van der Waals surface area contributed by atoms with E-state index in [0.29, 0.717) is 5.92 Å². The highest BCUT2D eigenvalue weighted by Crippen LogP contribution is 2.23. The van der Waals surface area contributed by atoms with Gasteiger partial charge in [-0.2, -0.15) is 0 Å². The molecule has 132 valence electrons. The van der Waals surface area contributed by atoms with Crippen molar-refractivity contribution in [1.82, 2.24) is 5.32 Å². The fourth-order valence-corrected chi connectivity index (χ4v) is 3.49. The molecule has 1 aliphatic carbocycles. The third kappa shape index (κ3) is 4.81. The van der Waals surface area contributed by atoms with Gasteiger partial charge in [-0.25, -0.2) is 0 Å². The molecule has 0 radical (unpaired) electrons. The maximum Gasteiger partial charge on any atom is 0.310 e. The first-order valence-corrected chi connectivity index (χ1v) is 9.04.